The minimum absolute atomic E-state index is 0.0233. The molecule has 0 bridgehead atoms. The number of aromatic nitrogens is 7. The average Bonchev–Trinajstić information content (AvgIpc) is 3.39. The highest BCUT2D eigenvalue weighted by Gasteiger charge is 2.12. The number of carboxylic acid groups (broad SMARTS) is 1. The van der Waals surface area contributed by atoms with Gasteiger partial charge in [0.05, 0.1) is 38.2 Å². The number of rotatable bonds is 10. The zero-order chi connectivity index (χ0) is 21.6. The third-order valence-corrected chi connectivity index (χ3v) is 4.32. The fourth-order valence-electron chi connectivity index (χ4n) is 2.82. The predicted octanol–water partition coefficient (Wildman–Crippen LogP) is 1.35. The number of ether oxygens (including phenoxy) is 1. The van der Waals surface area contributed by atoms with Gasteiger partial charge in [-0.25, -0.2) is 4.98 Å². The molecule has 4 rings (SSSR count). The first kappa shape index (κ1) is 20.2. The lowest BCUT2D eigenvalue weighted by Gasteiger charge is -2.08. The number of carboxylic acids is 1. The summed E-state index contributed by atoms with van der Waals surface area (Å²) in [5, 5.41) is 24.3. The third kappa shape index (κ3) is 4.93. The number of hydrogen-bond donors (Lipinski definition) is 3. The van der Waals surface area contributed by atoms with Crippen LogP contribution in [0.2, 0.25) is 0 Å². The molecule has 3 heterocycles. The smallest absolute Gasteiger partial charge is 0.305 e. The zero-order valence-corrected chi connectivity index (χ0v) is 16.5. The second-order valence-corrected chi connectivity index (χ2v) is 6.65. The summed E-state index contributed by atoms with van der Waals surface area (Å²) in [6, 6.07) is 7.47. The van der Waals surface area contributed by atoms with Crippen molar-refractivity contribution in [3.63, 3.8) is 0 Å². The molecule has 0 amide bonds. The molecule has 0 unspecified atom stereocenters. The average molecular weight is 423 g/mol. The summed E-state index contributed by atoms with van der Waals surface area (Å²) in [4.78, 5) is 19.6. The summed E-state index contributed by atoms with van der Waals surface area (Å²) in [6.45, 7) is 1.38. The van der Waals surface area contributed by atoms with E-state index in [1.165, 1.54) is 9.36 Å². The molecule has 4 aromatic rings. The maximum absolute atomic E-state index is 10.8. The van der Waals surface area contributed by atoms with Crippen molar-refractivity contribution >= 4 is 28.8 Å². The number of benzene rings is 1. The van der Waals surface area contributed by atoms with Gasteiger partial charge in [0.1, 0.15) is 11.4 Å². The van der Waals surface area contributed by atoms with Crippen molar-refractivity contribution in [2.24, 2.45) is 5.73 Å². The van der Waals surface area contributed by atoms with Crippen LogP contribution in [0.3, 0.4) is 0 Å². The number of aliphatic carboxylic acids is 1. The first-order chi connectivity index (χ1) is 15.1. The van der Waals surface area contributed by atoms with E-state index in [9.17, 15) is 4.79 Å². The molecule has 0 aliphatic heterocycles. The fraction of sp³-hybridized carbons (Fsp3) is 0.263. The second-order valence-electron chi connectivity index (χ2n) is 6.65. The summed E-state index contributed by atoms with van der Waals surface area (Å²) >= 11 is 0. The third-order valence-electron chi connectivity index (χ3n) is 4.32. The van der Waals surface area contributed by atoms with E-state index in [4.69, 9.17) is 15.6 Å². The van der Waals surface area contributed by atoms with Gasteiger partial charge in [-0.05, 0) is 25.1 Å². The minimum atomic E-state index is -0.888. The fourth-order valence-corrected chi connectivity index (χ4v) is 2.82. The SMILES string of the molecule is NCCCOc1cccc(Nc2ncc3nnn(-c4cnn(CCC(=O)O)c4)c3n2)c1. The van der Waals surface area contributed by atoms with Crippen LogP contribution in [-0.2, 0) is 11.3 Å². The largest absolute Gasteiger partial charge is 0.493 e. The Morgan fingerprint density at radius 2 is 2.19 bits per heavy atom. The standard InChI is InChI=1S/C19H21N9O3/c20-6-2-8-31-15-4-1-3-13(9-15)23-19-21-11-16-18(24-19)28(26-25-16)14-10-22-27(12-14)7-5-17(29)30/h1,3-4,9-12H,2,5-8,20H2,(H,29,30)(H,21,23,24). The molecule has 0 spiro atoms. The Morgan fingerprint density at radius 3 is 3.03 bits per heavy atom. The summed E-state index contributed by atoms with van der Waals surface area (Å²) in [6.07, 6.45) is 5.60. The van der Waals surface area contributed by atoms with Crippen LogP contribution in [0.1, 0.15) is 12.8 Å². The highest BCUT2D eigenvalue weighted by Crippen LogP contribution is 2.21. The quantitative estimate of drug-likeness (QED) is 0.318. The van der Waals surface area contributed by atoms with Gasteiger partial charge in [-0.1, -0.05) is 11.3 Å². The van der Waals surface area contributed by atoms with Gasteiger partial charge in [0.2, 0.25) is 5.95 Å². The lowest BCUT2D eigenvalue weighted by Crippen LogP contribution is -2.06. The van der Waals surface area contributed by atoms with Crippen molar-refractivity contribution in [1.29, 1.82) is 0 Å². The normalized spacial score (nSPS) is 11.0. The van der Waals surface area contributed by atoms with E-state index in [0.29, 0.717) is 36.0 Å². The Labute approximate surface area is 176 Å². The molecule has 0 atom stereocenters. The van der Waals surface area contributed by atoms with E-state index in [-0.39, 0.29) is 13.0 Å². The van der Waals surface area contributed by atoms with E-state index in [2.05, 4.69) is 30.7 Å². The van der Waals surface area contributed by atoms with Crippen molar-refractivity contribution in [2.75, 3.05) is 18.5 Å². The van der Waals surface area contributed by atoms with Gasteiger partial charge in [-0.3, -0.25) is 9.48 Å². The number of aryl methyl sites for hydroxylation is 1. The number of anilines is 2. The molecule has 12 nitrogen and oxygen atoms in total. The van der Waals surface area contributed by atoms with E-state index in [1.54, 1.807) is 18.6 Å². The molecule has 3 aromatic heterocycles. The lowest BCUT2D eigenvalue weighted by molar-refractivity contribution is -0.137. The van der Waals surface area contributed by atoms with Gasteiger partial charge in [0, 0.05) is 11.8 Å². The molecule has 12 heteroatoms. The van der Waals surface area contributed by atoms with Crippen LogP contribution >= 0.6 is 0 Å². The van der Waals surface area contributed by atoms with Crippen molar-refractivity contribution in [2.45, 2.75) is 19.4 Å². The Balaban J connectivity index is 1.54. The Bertz CT molecular complexity index is 1190. The van der Waals surface area contributed by atoms with Gasteiger partial charge in [-0.15, -0.1) is 5.10 Å². The van der Waals surface area contributed by atoms with Gasteiger partial charge >= 0.3 is 5.97 Å². The summed E-state index contributed by atoms with van der Waals surface area (Å²) < 4.78 is 8.73. The Hall–Kier alpha value is -4.06. The first-order valence-corrected chi connectivity index (χ1v) is 9.65. The van der Waals surface area contributed by atoms with E-state index >= 15 is 0 Å². The number of nitrogens with one attached hydrogen (secondary N) is 1. The van der Waals surface area contributed by atoms with E-state index in [1.807, 2.05) is 24.3 Å². The molecule has 0 saturated heterocycles. The molecule has 0 saturated carbocycles. The molecule has 31 heavy (non-hydrogen) atoms. The maximum Gasteiger partial charge on any atom is 0.305 e. The van der Waals surface area contributed by atoms with Gasteiger partial charge < -0.3 is 20.9 Å². The number of fused-ring (bicyclic) bond motifs is 1. The molecule has 1 aromatic carbocycles. The molecule has 0 aliphatic carbocycles. The lowest BCUT2D eigenvalue weighted by atomic mass is 10.3. The zero-order valence-electron chi connectivity index (χ0n) is 16.5. The summed E-state index contributed by atoms with van der Waals surface area (Å²) in [7, 11) is 0. The number of carbonyl (C=O) groups is 1. The summed E-state index contributed by atoms with van der Waals surface area (Å²) in [5.41, 5.74) is 7.89. The van der Waals surface area contributed by atoms with Crippen LogP contribution in [0.25, 0.3) is 16.9 Å². The van der Waals surface area contributed by atoms with Crippen LogP contribution in [-0.4, -0.2) is 59.0 Å². The maximum atomic E-state index is 10.8. The predicted molar refractivity (Wildman–Crippen MR) is 111 cm³/mol. The van der Waals surface area contributed by atoms with Gasteiger partial charge in [0.25, 0.3) is 0 Å². The van der Waals surface area contributed by atoms with Gasteiger partial charge in [0.15, 0.2) is 11.2 Å². The monoisotopic (exact) mass is 423 g/mol. The van der Waals surface area contributed by atoms with Crippen LogP contribution < -0.4 is 15.8 Å². The van der Waals surface area contributed by atoms with Crippen LogP contribution in [0, 0.1) is 0 Å². The van der Waals surface area contributed by atoms with Crippen LogP contribution in [0.15, 0.2) is 42.9 Å². The highest BCUT2D eigenvalue weighted by molar-refractivity contribution is 5.72. The Kier molecular flexibility index (Phi) is 5.98. The van der Waals surface area contributed by atoms with Crippen LogP contribution in [0.4, 0.5) is 11.6 Å². The van der Waals surface area contributed by atoms with Crippen molar-refractivity contribution in [3.05, 3.63) is 42.9 Å². The molecule has 0 aliphatic rings. The molecule has 0 fully saturated rings. The van der Waals surface area contributed by atoms with Crippen LogP contribution in [0.5, 0.6) is 5.75 Å². The highest BCUT2D eigenvalue weighted by atomic mass is 16.5. The second kappa shape index (κ2) is 9.17. The van der Waals surface area contributed by atoms with Crippen molar-refractivity contribution in [3.8, 4) is 11.4 Å². The number of nitrogens with two attached hydrogens (primary N) is 1. The minimum Gasteiger partial charge on any atom is -0.493 e. The number of hydrogen-bond acceptors (Lipinski definition) is 9. The topological polar surface area (TPSA) is 159 Å². The molecule has 4 N–H and O–H groups in total. The van der Waals surface area contributed by atoms with Gasteiger partial charge in [-0.2, -0.15) is 14.8 Å². The molecular formula is C19H21N9O3. The van der Waals surface area contributed by atoms with Crippen molar-refractivity contribution in [1.82, 2.24) is 34.7 Å². The van der Waals surface area contributed by atoms with E-state index in [0.717, 1.165) is 17.9 Å². The molecule has 0 radical (unpaired) electrons. The molecule has 160 valence electrons. The summed E-state index contributed by atoms with van der Waals surface area (Å²) in [5.74, 6) is 0.203. The number of nitrogens with zero attached hydrogens (tertiary/aromatic N) is 7. The first-order valence-electron chi connectivity index (χ1n) is 9.65. The van der Waals surface area contributed by atoms with E-state index < -0.39 is 5.97 Å². The van der Waals surface area contributed by atoms with Crippen molar-refractivity contribution < 1.29 is 14.6 Å². The Morgan fingerprint density at radius 1 is 1.29 bits per heavy atom. The molecular weight excluding hydrogens is 402 g/mol.